The molecule has 0 atom stereocenters. The average molecular weight is 208 g/mol. The van der Waals surface area contributed by atoms with Gasteiger partial charge in [0.15, 0.2) is 0 Å². The Labute approximate surface area is 86.0 Å². The summed E-state index contributed by atoms with van der Waals surface area (Å²) in [5.41, 5.74) is 0.437. The van der Waals surface area contributed by atoms with E-state index in [-0.39, 0.29) is 24.2 Å². The van der Waals surface area contributed by atoms with Crippen LogP contribution in [-0.2, 0) is 4.79 Å². The summed E-state index contributed by atoms with van der Waals surface area (Å²) in [4.78, 5) is 10.2. The van der Waals surface area contributed by atoms with E-state index in [4.69, 9.17) is 10.4 Å². The van der Waals surface area contributed by atoms with Crippen molar-refractivity contribution in [3.63, 3.8) is 0 Å². The van der Waals surface area contributed by atoms with Crippen LogP contribution in [0, 0.1) is 17.1 Å². The van der Waals surface area contributed by atoms with Crippen molar-refractivity contribution in [1.29, 1.82) is 5.26 Å². The van der Waals surface area contributed by atoms with E-state index in [0.29, 0.717) is 0 Å². The van der Waals surface area contributed by atoms with Crippen molar-refractivity contribution >= 4 is 11.7 Å². The molecule has 1 aromatic carbocycles. The van der Waals surface area contributed by atoms with E-state index in [1.807, 2.05) is 6.07 Å². The first-order chi connectivity index (χ1) is 7.13. The van der Waals surface area contributed by atoms with Crippen LogP contribution in [0.5, 0.6) is 0 Å². The van der Waals surface area contributed by atoms with Gasteiger partial charge in [-0.15, -0.1) is 0 Å². The number of nitrogens with one attached hydrogen (secondary N) is 1. The molecule has 0 saturated heterocycles. The normalized spacial score (nSPS) is 9.33. The largest absolute Gasteiger partial charge is 0.481 e. The number of carbonyl (C=O) groups is 1. The van der Waals surface area contributed by atoms with E-state index in [1.54, 1.807) is 0 Å². The van der Waals surface area contributed by atoms with Crippen LogP contribution >= 0.6 is 0 Å². The molecular formula is C10H9FN2O2. The zero-order chi connectivity index (χ0) is 11.3. The Bertz CT molecular complexity index is 412. The molecule has 0 aliphatic carbocycles. The third-order valence-electron chi connectivity index (χ3n) is 1.75. The molecule has 2 N–H and O–H groups in total. The molecule has 0 bridgehead atoms. The summed E-state index contributed by atoms with van der Waals surface area (Å²) in [5, 5.41) is 19.5. The second-order valence-electron chi connectivity index (χ2n) is 2.88. The van der Waals surface area contributed by atoms with Crippen LogP contribution < -0.4 is 5.32 Å². The standard InChI is InChI=1S/C10H9FN2O2/c11-8-5-7(6-12)1-2-9(8)13-4-3-10(14)15/h1-2,5,13H,3-4H2,(H,14,15). The number of nitrogens with zero attached hydrogens (tertiary/aromatic N) is 1. The molecule has 15 heavy (non-hydrogen) atoms. The molecule has 0 radical (unpaired) electrons. The minimum atomic E-state index is -0.948. The fourth-order valence-corrected chi connectivity index (χ4v) is 1.03. The number of carboxylic acids is 1. The Hall–Kier alpha value is -2.09. The maximum atomic E-state index is 13.2. The van der Waals surface area contributed by atoms with Crippen molar-refractivity contribution < 1.29 is 14.3 Å². The van der Waals surface area contributed by atoms with Gasteiger partial charge in [0.25, 0.3) is 0 Å². The van der Waals surface area contributed by atoms with Crippen molar-refractivity contribution in [3.8, 4) is 6.07 Å². The number of hydrogen-bond donors (Lipinski definition) is 2. The molecule has 0 spiro atoms. The summed E-state index contributed by atoms with van der Waals surface area (Å²) in [7, 11) is 0. The van der Waals surface area contributed by atoms with Gasteiger partial charge in [-0.2, -0.15) is 5.26 Å². The van der Waals surface area contributed by atoms with Gasteiger partial charge < -0.3 is 10.4 Å². The van der Waals surface area contributed by atoms with Gasteiger partial charge in [0.2, 0.25) is 0 Å². The van der Waals surface area contributed by atoms with Gasteiger partial charge >= 0.3 is 5.97 Å². The molecule has 5 heteroatoms. The van der Waals surface area contributed by atoms with Gasteiger partial charge in [0.05, 0.1) is 23.7 Å². The van der Waals surface area contributed by atoms with Crippen molar-refractivity contribution in [3.05, 3.63) is 29.6 Å². The maximum Gasteiger partial charge on any atom is 0.305 e. The highest BCUT2D eigenvalue weighted by molar-refractivity contribution is 5.67. The number of hydrogen-bond acceptors (Lipinski definition) is 3. The molecule has 0 unspecified atom stereocenters. The van der Waals surface area contributed by atoms with Crippen molar-refractivity contribution in [1.82, 2.24) is 0 Å². The third-order valence-corrected chi connectivity index (χ3v) is 1.75. The highest BCUT2D eigenvalue weighted by Gasteiger charge is 2.03. The number of anilines is 1. The molecule has 0 aliphatic heterocycles. The number of rotatable bonds is 4. The Morgan fingerprint density at radius 3 is 2.87 bits per heavy atom. The summed E-state index contributed by atoms with van der Waals surface area (Å²) in [5.74, 6) is -1.50. The maximum absolute atomic E-state index is 13.2. The molecule has 1 rings (SSSR count). The molecule has 0 saturated carbocycles. The monoisotopic (exact) mass is 208 g/mol. The smallest absolute Gasteiger partial charge is 0.305 e. The molecule has 0 amide bonds. The Balaban J connectivity index is 2.63. The van der Waals surface area contributed by atoms with Crippen LogP contribution in [0.15, 0.2) is 18.2 Å². The summed E-state index contributed by atoms with van der Waals surface area (Å²) >= 11 is 0. The van der Waals surface area contributed by atoms with Crippen molar-refractivity contribution in [2.45, 2.75) is 6.42 Å². The molecule has 0 aromatic heterocycles. The first-order valence-electron chi connectivity index (χ1n) is 4.29. The van der Waals surface area contributed by atoms with E-state index in [2.05, 4.69) is 5.32 Å². The lowest BCUT2D eigenvalue weighted by Crippen LogP contribution is -2.08. The summed E-state index contributed by atoms with van der Waals surface area (Å²) < 4.78 is 13.2. The van der Waals surface area contributed by atoms with Crippen LogP contribution in [0.3, 0.4) is 0 Å². The molecule has 4 nitrogen and oxygen atoms in total. The van der Waals surface area contributed by atoms with Gasteiger partial charge in [-0.3, -0.25) is 4.79 Å². The number of halogens is 1. The number of carboxylic acid groups (broad SMARTS) is 1. The lowest BCUT2D eigenvalue weighted by atomic mass is 10.2. The Kier molecular flexibility index (Phi) is 3.63. The van der Waals surface area contributed by atoms with Gasteiger partial charge in [0, 0.05) is 6.54 Å². The van der Waals surface area contributed by atoms with Crippen molar-refractivity contribution in [2.75, 3.05) is 11.9 Å². The van der Waals surface area contributed by atoms with Crippen LogP contribution in [0.4, 0.5) is 10.1 Å². The van der Waals surface area contributed by atoms with Gasteiger partial charge in [-0.05, 0) is 18.2 Å². The second kappa shape index (κ2) is 4.96. The third kappa shape index (κ3) is 3.27. The number of aliphatic carboxylic acids is 1. The van der Waals surface area contributed by atoms with Gasteiger partial charge in [-0.25, -0.2) is 4.39 Å². The zero-order valence-corrected chi connectivity index (χ0v) is 7.83. The van der Waals surface area contributed by atoms with E-state index < -0.39 is 11.8 Å². The molecular weight excluding hydrogens is 199 g/mol. The summed E-state index contributed by atoms with van der Waals surface area (Å²) in [6, 6.07) is 5.78. The minimum Gasteiger partial charge on any atom is -0.481 e. The molecule has 0 aliphatic rings. The van der Waals surface area contributed by atoms with Crippen LogP contribution in [-0.4, -0.2) is 17.6 Å². The molecule has 0 heterocycles. The van der Waals surface area contributed by atoms with Gasteiger partial charge in [-0.1, -0.05) is 0 Å². The molecule has 1 aromatic rings. The highest BCUT2D eigenvalue weighted by atomic mass is 19.1. The predicted octanol–water partition coefficient (Wildman–Crippen LogP) is 1.58. The topological polar surface area (TPSA) is 73.1 Å². The SMILES string of the molecule is N#Cc1ccc(NCCC(=O)O)c(F)c1. The first kappa shape index (κ1) is 11.0. The van der Waals surface area contributed by atoms with E-state index in [0.717, 1.165) is 6.07 Å². The summed E-state index contributed by atoms with van der Waals surface area (Å²) in [6.45, 7) is 0.151. The predicted molar refractivity (Wildman–Crippen MR) is 51.9 cm³/mol. The van der Waals surface area contributed by atoms with Crippen molar-refractivity contribution in [2.24, 2.45) is 0 Å². The quantitative estimate of drug-likeness (QED) is 0.787. The Morgan fingerprint density at radius 2 is 2.33 bits per heavy atom. The fraction of sp³-hybridized carbons (Fsp3) is 0.200. The summed E-state index contributed by atoms with van der Waals surface area (Å²) in [6.07, 6.45) is -0.0839. The molecule has 0 fully saturated rings. The van der Waals surface area contributed by atoms with E-state index in [9.17, 15) is 9.18 Å². The van der Waals surface area contributed by atoms with Gasteiger partial charge in [0.1, 0.15) is 5.82 Å². The second-order valence-corrected chi connectivity index (χ2v) is 2.88. The molecule has 78 valence electrons. The average Bonchev–Trinajstić information content (AvgIpc) is 2.20. The van der Waals surface area contributed by atoms with E-state index >= 15 is 0 Å². The highest BCUT2D eigenvalue weighted by Crippen LogP contribution is 2.14. The number of nitriles is 1. The minimum absolute atomic E-state index is 0.0839. The lowest BCUT2D eigenvalue weighted by molar-refractivity contribution is -0.136. The lowest BCUT2D eigenvalue weighted by Gasteiger charge is -2.05. The number of benzene rings is 1. The fourth-order valence-electron chi connectivity index (χ4n) is 1.03. The Morgan fingerprint density at radius 1 is 1.60 bits per heavy atom. The van der Waals surface area contributed by atoms with Crippen LogP contribution in [0.2, 0.25) is 0 Å². The van der Waals surface area contributed by atoms with Crippen LogP contribution in [0.1, 0.15) is 12.0 Å². The van der Waals surface area contributed by atoms with Crippen LogP contribution in [0.25, 0.3) is 0 Å². The first-order valence-corrected chi connectivity index (χ1v) is 4.29. The zero-order valence-electron chi connectivity index (χ0n) is 7.83. The van der Waals surface area contributed by atoms with E-state index in [1.165, 1.54) is 12.1 Å².